The number of ether oxygens (including phenoxy) is 1. The summed E-state index contributed by atoms with van der Waals surface area (Å²) in [5.74, 6) is 0.0394. The number of allylic oxidation sites excluding steroid dienone is 2. The molecule has 0 atom stereocenters. The van der Waals surface area contributed by atoms with E-state index in [2.05, 4.69) is 0 Å². The van der Waals surface area contributed by atoms with Crippen LogP contribution < -0.4 is 0 Å². The average molecular weight is 152 g/mol. The summed E-state index contributed by atoms with van der Waals surface area (Å²) < 4.78 is 4.77. The maximum atomic E-state index is 10.1. The Balaban J connectivity index is 3.00. The largest absolute Gasteiger partial charge is 0.482 e. The zero-order valence-electron chi connectivity index (χ0n) is 5.48. The molecule has 5 nitrogen and oxygen atoms in total. The van der Waals surface area contributed by atoms with Crippen LogP contribution in [0.1, 0.15) is 0 Å². The highest BCUT2D eigenvalue weighted by molar-refractivity contribution is 5.27. The predicted molar refractivity (Wildman–Crippen MR) is 34.7 cm³/mol. The van der Waals surface area contributed by atoms with E-state index in [9.17, 15) is 10.1 Å². The molecule has 0 saturated carbocycles. The van der Waals surface area contributed by atoms with Crippen molar-refractivity contribution in [2.45, 2.75) is 0 Å². The highest BCUT2D eigenvalue weighted by atomic mass is 16.6. The third kappa shape index (κ3) is 1.35. The van der Waals surface area contributed by atoms with Crippen molar-refractivity contribution in [2.75, 3.05) is 6.61 Å². The van der Waals surface area contributed by atoms with E-state index < -0.39 is 10.6 Å². The molecule has 0 aromatic heterocycles. The SMILES string of the molecule is N#CC(=C1C=CCO1)[N+](=O)[O-]. The minimum absolute atomic E-state index is 0.0394. The number of hydrogen-bond donors (Lipinski definition) is 0. The molecule has 0 N–H and O–H groups in total. The Morgan fingerprint density at radius 1 is 1.91 bits per heavy atom. The zero-order chi connectivity index (χ0) is 8.27. The van der Waals surface area contributed by atoms with Gasteiger partial charge in [0.25, 0.3) is 0 Å². The number of hydrogen-bond acceptors (Lipinski definition) is 4. The number of nitriles is 1. The van der Waals surface area contributed by atoms with Crippen molar-refractivity contribution in [2.24, 2.45) is 0 Å². The van der Waals surface area contributed by atoms with E-state index in [0.717, 1.165) is 0 Å². The molecule has 0 unspecified atom stereocenters. The lowest BCUT2D eigenvalue weighted by atomic mass is 10.4. The van der Waals surface area contributed by atoms with Crippen molar-refractivity contribution in [3.05, 3.63) is 33.7 Å². The first-order valence-electron chi connectivity index (χ1n) is 2.84. The molecule has 1 aliphatic rings. The summed E-state index contributed by atoms with van der Waals surface area (Å²) in [5, 5.41) is 18.4. The Morgan fingerprint density at radius 3 is 3.00 bits per heavy atom. The molecule has 56 valence electrons. The highest BCUT2D eigenvalue weighted by Crippen LogP contribution is 2.12. The van der Waals surface area contributed by atoms with E-state index in [1.807, 2.05) is 0 Å². The van der Waals surface area contributed by atoms with Gasteiger partial charge >= 0.3 is 5.70 Å². The molecule has 0 fully saturated rings. The maximum Gasteiger partial charge on any atom is 0.386 e. The van der Waals surface area contributed by atoms with Crippen LogP contribution in [-0.4, -0.2) is 11.5 Å². The minimum atomic E-state index is -0.759. The van der Waals surface area contributed by atoms with Crippen LogP contribution in [0.3, 0.4) is 0 Å². The smallest absolute Gasteiger partial charge is 0.386 e. The van der Waals surface area contributed by atoms with Crippen LogP contribution >= 0.6 is 0 Å². The van der Waals surface area contributed by atoms with Crippen LogP contribution in [0.2, 0.25) is 0 Å². The Morgan fingerprint density at radius 2 is 2.64 bits per heavy atom. The fourth-order valence-electron chi connectivity index (χ4n) is 0.674. The second-order valence-corrected chi connectivity index (χ2v) is 1.80. The van der Waals surface area contributed by atoms with Gasteiger partial charge in [-0.05, 0) is 12.2 Å². The lowest BCUT2D eigenvalue weighted by molar-refractivity contribution is -0.420. The third-order valence-electron chi connectivity index (χ3n) is 1.13. The average Bonchev–Trinajstić information content (AvgIpc) is 2.40. The first-order chi connectivity index (χ1) is 5.25. The molecular weight excluding hydrogens is 148 g/mol. The first kappa shape index (κ1) is 7.28. The second kappa shape index (κ2) is 2.84. The fourth-order valence-corrected chi connectivity index (χ4v) is 0.674. The van der Waals surface area contributed by atoms with Crippen molar-refractivity contribution in [1.29, 1.82) is 5.26 Å². The molecule has 0 bridgehead atoms. The molecule has 0 radical (unpaired) electrons. The molecule has 1 heterocycles. The van der Waals surface area contributed by atoms with Gasteiger partial charge in [0.15, 0.2) is 6.07 Å². The Labute approximate surface area is 62.3 Å². The molecule has 0 amide bonds. The summed E-state index contributed by atoms with van der Waals surface area (Å²) in [6.07, 6.45) is 3.03. The summed E-state index contributed by atoms with van der Waals surface area (Å²) in [6.45, 7) is 0.300. The summed E-state index contributed by atoms with van der Waals surface area (Å²) in [4.78, 5) is 9.37. The van der Waals surface area contributed by atoms with Crippen LogP contribution in [0.4, 0.5) is 0 Å². The summed E-state index contributed by atoms with van der Waals surface area (Å²) >= 11 is 0. The van der Waals surface area contributed by atoms with Gasteiger partial charge in [-0.15, -0.1) is 0 Å². The Bertz CT molecular complexity index is 285. The normalized spacial score (nSPS) is 18.8. The van der Waals surface area contributed by atoms with Gasteiger partial charge < -0.3 is 4.74 Å². The topological polar surface area (TPSA) is 76.2 Å². The highest BCUT2D eigenvalue weighted by Gasteiger charge is 2.19. The van der Waals surface area contributed by atoms with Crippen molar-refractivity contribution >= 4 is 0 Å². The molecule has 0 aromatic carbocycles. The van der Waals surface area contributed by atoms with E-state index >= 15 is 0 Å². The second-order valence-electron chi connectivity index (χ2n) is 1.80. The molecule has 1 aliphatic heterocycles. The van der Waals surface area contributed by atoms with Crippen LogP contribution in [0.25, 0.3) is 0 Å². The molecular formula is C6H4N2O3. The van der Waals surface area contributed by atoms with Gasteiger partial charge in [-0.25, -0.2) is 0 Å². The zero-order valence-corrected chi connectivity index (χ0v) is 5.48. The van der Waals surface area contributed by atoms with Crippen LogP contribution in [0.5, 0.6) is 0 Å². The number of rotatable bonds is 1. The fraction of sp³-hybridized carbons (Fsp3) is 0.167. The lowest BCUT2D eigenvalue weighted by Gasteiger charge is -1.93. The molecule has 11 heavy (non-hydrogen) atoms. The molecule has 1 rings (SSSR count). The van der Waals surface area contributed by atoms with Crippen molar-refractivity contribution in [3.8, 4) is 6.07 Å². The summed E-state index contributed by atoms with van der Waals surface area (Å²) in [6, 6.07) is 1.45. The maximum absolute atomic E-state index is 10.1. The van der Waals surface area contributed by atoms with Crippen LogP contribution in [-0.2, 0) is 4.74 Å². The van der Waals surface area contributed by atoms with Crippen molar-refractivity contribution in [3.63, 3.8) is 0 Å². The van der Waals surface area contributed by atoms with Crippen LogP contribution in [0.15, 0.2) is 23.6 Å². The molecule has 0 aliphatic carbocycles. The van der Waals surface area contributed by atoms with Gasteiger partial charge in [0.1, 0.15) is 6.61 Å². The molecule has 0 spiro atoms. The number of nitrogens with zero attached hydrogens (tertiary/aromatic N) is 2. The Kier molecular flexibility index (Phi) is 1.88. The van der Waals surface area contributed by atoms with Crippen molar-refractivity contribution in [1.82, 2.24) is 0 Å². The van der Waals surface area contributed by atoms with E-state index in [1.165, 1.54) is 12.1 Å². The summed E-state index contributed by atoms with van der Waals surface area (Å²) in [5.41, 5.74) is -0.543. The third-order valence-corrected chi connectivity index (χ3v) is 1.13. The quantitative estimate of drug-likeness (QED) is 0.313. The van der Waals surface area contributed by atoms with Crippen LogP contribution in [0, 0.1) is 21.4 Å². The minimum Gasteiger partial charge on any atom is -0.482 e. The van der Waals surface area contributed by atoms with E-state index in [-0.39, 0.29) is 5.76 Å². The van der Waals surface area contributed by atoms with Gasteiger partial charge in [0.2, 0.25) is 5.76 Å². The first-order valence-corrected chi connectivity index (χ1v) is 2.84. The van der Waals surface area contributed by atoms with Gasteiger partial charge in [-0.1, -0.05) is 0 Å². The molecule has 0 aromatic rings. The van der Waals surface area contributed by atoms with Gasteiger partial charge in [-0.3, -0.25) is 10.1 Å². The predicted octanol–water partition coefficient (Wildman–Crippen LogP) is 0.585. The van der Waals surface area contributed by atoms with Gasteiger partial charge in [-0.2, -0.15) is 5.26 Å². The van der Waals surface area contributed by atoms with Gasteiger partial charge in [0, 0.05) is 0 Å². The standard InChI is InChI=1S/C6H4N2O3/c7-4-5(8(9)10)6-2-1-3-11-6/h1-2H,3H2. The summed E-state index contributed by atoms with van der Waals surface area (Å²) in [7, 11) is 0. The molecule has 5 heteroatoms. The monoisotopic (exact) mass is 152 g/mol. The van der Waals surface area contributed by atoms with E-state index in [1.54, 1.807) is 6.08 Å². The Hall–Kier alpha value is -1.83. The van der Waals surface area contributed by atoms with Crippen molar-refractivity contribution < 1.29 is 9.66 Å². The van der Waals surface area contributed by atoms with E-state index in [4.69, 9.17) is 10.00 Å². The number of nitro groups is 1. The van der Waals surface area contributed by atoms with Gasteiger partial charge in [0.05, 0.1) is 4.92 Å². The molecule has 0 saturated heterocycles. The lowest BCUT2D eigenvalue weighted by Crippen LogP contribution is -2.00. The van der Waals surface area contributed by atoms with E-state index in [0.29, 0.717) is 6.61 Å².